The lowest BCUT2D eigenvalue weighted by atomic mass is 9.96. The van der Waals surface area contributed by atoms with Crippen LogP contribution in [-0.2, 0) is 17.9 Å². The van der Waals surface area contributed by atoms with Crippen molar-refractivity contribution in [2.75, 3.05) is 39.3 Å². The summed E-state index contributed by atoms with van der Waals surface area (Å²) < 4.78 is 0. The first-order valence-corrected chi connectivity index (χ1v) is 11.2. The number of benzene rings is 1. The van der Waals surface area contributed by atoms with Crippen LogP contribution >= 0.6 is 0 Å². The molecule has 1 N–H and O–H groups in total. The fraction of sp³-hybridized carbons (Fsp3) is 0.652. The fourth-order valence-corrected chi connectivity index (χ4v) is 4.34. The van der Waals surface area contributed by atoms with Crippen molar-refractivity contribution in [1.29, 1.82) is 0 Å². The van der Waals surface area contributed by atoms with Crippen LogP contribution in [0.15, 0.2) is 24.3 Å². The normalized spacial score (nSPS) is 17.8. The molecule has 0 radical (unpaired) electrons. The van der Waals surface area contributed by atoms with Gasteiger partial charge in [-0.3, -0.25) is 9.69 Å². The number of carbonyl (C=O) groups is 2. The second kappa shape index (κ2) is 10.6. The van der Waals surface area contributed by atoms with Crippen molar-refractivity contribution in [2.45, 2.75) is 52.6 Å². The van der Waals surface area contributed by atoms with Crippen molar-refractivity contribution in [2.24, 2.45) is 5.92 Å². The van der Waals surface area contributed by atoms with Crippen molar-refractivity contribution < 1.29 is 9.59 Å². The van der Waals surface area contributed by atoms with Gasteiger partial charge in [-0.25, -0.2) is 4.79 Å². The Morgan fingerprint density at radius 3 is 2.17 bits per heavy atom. The Balaban J connectivity index is 1.47. The van der Waals surface area contributed by atoms with Gasteiger partial charge in [0.2, 0.25) is 5.91 Å². The topological polar surface area (TPSA) is 55.9 Å². The molecule has 3 amide bonds. The average molecular weight is 401 g/mol. The Morgan fingerprint density at radius 2 is 1.55 bits per heavy atom. The lowest BCUT2D eigenvalue weighted by molar-refractivity contribution is -0.126. The van der Waals surface area contributed by atoms with Crippen LogP contribution in [0.5, 0.6) is 0 Å². The van der Waals surface area contributed by atoms with Crippen LogP contribution in [0.25, 0.3) is 0 Å². The van der Waals surface area contributed by atoms with Crippen LogP contribution in [-0.4, -0.2) is 65.9 Å². The third-order valence-electron chi connectivity index (χ3n) is 6.37. The third-order valence-corrected chi connectivity index (χ3v) is 6.37. The van der Waals surface area contributed by atoms with Crippen LogP contribution in [0.4, 0.5) is 4.79 Å². The number of nitrogens with one attached hydrogen (secondary N) is 1. The monoisotopic (exact) mass is 400 g/mol. The summed E-state index contributed by atoms with van der Waals surface area (Å²) >= 11 is 0. The number of piperidine rings is 1. The van der Waals surface area contributed by atoms with Crippen LogP contribution < -0.4 is 5.32 Å². The minimum absolute atomic E-state index is 0.00701. The Kier molecular flexibility index (Phi) is 7.92. The van der Waals surface area contributed by atoms with E-state index in [4.69, 9.17) is 0 Å². The first-order chi connectivity index (χ1) is 14.1. The number of rotatable bonds is 7. The number of amides is 3. The molecule has 0 aliphatic carbocycles. The molecule has 0 saturated carbocycles. The SMILES string of the molecule is CCN(CC)Cc1ccccc1CNC(=O)C1CCN(C(=O)N2CCCC2)CC1. The quantitative estimate of drug-likeness (QED) is 0.765. The van der Waals surface area contributed by atoms with Crippen molar-refractivity contribution in [3.05, 3.63) is 35.4 Å². The van der Waals surface area contributed by atoms with E-state index in [1.54, 1.807) is 0 Å². The molecule has 6 nitrogen and oxygen atoms in total. The average Bonchev–Trinajstić information content (AvgIpc) is 3.31. The predicted octanol–water partition coefficient (Wildman–Crippen LogP) is 3.07. The Morgan fingerprint density at radius 1 is 0.966 bits per heavy atom. The van der Waals surface area contributed by atoms with E-state index in [1.807, 2.05) is 15.9 Å². The second-order valence-corrected chi connectivity index (χ2v) is 8.19. The number of urea groups is 1. The molecule has 0 bridgehead atoms. The molecule has 160 valence electrons. The molecule has 2 aliphatic heterocycles. The van der Waals surface area contributed by atoms with Crippen LogP contribution in [0, 0.1) is 5.92 Å². The molecule has 0 atom stereocenters. The van der Waals surface area contributed by atoms with Gasteiger partial charge in [0.25, 0.3) is 0 Å². The fourth-order valence-electron chi connectivity index (χ4n) is 4.34. The summed E-state index contributed by atoms with van der Waals surface area (Å²) in [4.78, 5) is 31.5. The smallest absolute Gasteiger partial charge is 0.319 e. The molecular formula is C23H36N4O2. The molecule has 0 spiro atoms. The summed E-state index contributed by atoms with van der Waals surface area (Å²) in [5.74, 6) is 0.128. The van der Waals surface area contributed by atoms with Gasteiger partial charge in [0, 0.05) is 45.2 Å². The van der Waals surface area contributed by atoms with E-state index in [0.29, 0.717) is 19.6 Å². The lowest BCUT2D eigenvalue weighted by Gasteiger charge is -2.34. The van der Waals surface area contributed by atoms with Gasteiger partial charge < -0.3 is 15.1 Å². The molecule has 2 heterocycles. The second-order valence-electron chi connectivity index (χ2n) is 8.19. The Hall–Kier alpha value is -2.08. The van der Waals surface area contributed by atoms with Crippen molar-refractivity contribution in [3.8, 4) is 0 Å². The molecule has 3 rings (SSSR count). The molecule has 2 fully saturated rings. The maximum atomic E-state index is 12.7. The van der Waals surface area contributed by atoms with E-state index in [-0.39, 0.29) is 17.9 Å². The van der Waals surface area contributed by atoms with E-state index in [2.05, 4.69) is 42.3 Å². The van der Waals surface area contributed by atoms with Crippen molar-refractivity contribution in [3.63, 3.8) is 0 Å². The summed E-state index contributed by atoms with van der Waals surface area (Å²) in [6.45, 7) is 11.0. The molecule has 29 heavy (non-hydrogen) atoms. The lowest BCUT2D eigenvalue weighted by Crippen LogP contribution is -2.47. The van der Waals surface area contributed by atoms with E-state index in [9.17, 15) is 9.59 Å². The van der Waals surface area contributed by atoms with Gasteiger partial charge in [-0.15, -0.1) is 0 Å². The molecule has 1 aromatic carbocycles. The minimum Gasteiger partial charge on any atom is -0.352 e. The van der Waals surface area contributed by atoms with E-state index >= 15 is 0 Å². The van der Waals surface area contributed by atoms with Crippen LogP contribution in [0.1, 0.15) is 50.7 Å². The number of hydrogen-bond donors (Lipinski definition) is 1. The molecule has 6 heteroatoms. The van der Waals surface area contributed by atoms with E-state index in [0.717, 1.165) is 58.4 Å². The molecule has 2 saturated heterocycles. The zero-order chi connectivity index (χ0) is 20.6. The van der Waals surface area contributed by atoms with Gasteiger partial charge >= 0.3 is 6.03 Å². The zero-order valence-corrected chi connectivity index (χ0v) is 18.0. The molecule has 1 aromatic rings. The van der Waals surface area contributed by atoms with Crippen LogP contribution in [0.2, 0.25) is 0 Å². The summed E-state index contributed by atoms with van der Waals surface area (Å²) in [5, 5.41) is 3.15. The number of likely N-dealkylation sites (tertiary alicyclic amines) is 2. The first kappa shape index (κ1) is 21.6. The van der Waals surface area contributed by atoms with E-state index < -0.39 is 0 Å². The third kappa shape index (κ3) is 5.72. The largest absolute Gasteiger partial charge is 0.352 e. The molecule has 0 unspecified atom stereocenters. The van der Waals surface area contributed by atoms with Gasteiger partial charge in [0.05, 0.1) is 0 Å². The highest BCUT2D eigenvalue weighted by atomic mass is 16.2. The number of carbonyl (C=O) groups excluding carboxylic acids is 2. The highest BCUT2D eigenvalue weighted by molar-refractivity contribution is 5.79. The molecular weight excluding hydrogens is 364 g/mol. The summed E-state index contributed by atoms with van der Waals surface area (Å²) in [5.41, 5.74) is 2.47. The highest BCUT2D eigenvalue weighted by Crippen LogP contribution is 2.21. The minimum atomic E-state index is 0.00701. The Labute approximate surface area is 175 Å². The molecule has 2 aliphatic rings. The van der Waals surface area contributed by atoms with Crippen LogP contribution in [0.3, 0.4) is 0 Å². The number of hydrogen-bond acceptors (Lipinski definition) is 3. The van der Waals surface area contributed by atoms with Gasteiger partial charge in [-0.2, -0.15) is 0 Å². The maximum Gasteiger partial charge on any atom is 0.319 e. The summed E-state index contributed by atoms with van der Waals surface area (Å²) in [6, 6.07) is 8.53. The summed E-state index contributed by atoms with van der Waals surface area (Å²) in [6.07, 6.45) is 3.74. The Bertz CT molecular complexity index is 675. The van der Waals surface area contributed by atoms with Gasteiger partial charge in [0.1, 0.15) is 0 Å². The zero-order valence-electron chi connectivity index (χ0n) is 18.0. The highest BCUT2D eigenvalue weighted by Gasteiger charge is 2.30. The van der Waals surface area contributed by atoms with Gasteiger partial charge in [-0.1, -0.05) is 38.1 Å². The molecule has 0 aromatic heterocycles. The maximum absolute atomic E-state index is 12.7. The van der Waals surface area contributed by atoms with E-state index in [1.165, 1.54) is 11.1 Å². The first-order valence-electron chi connectivity index (χ1n) is 11.2. The van der Waals surface area contributed by atoms with Gasteiger partial charge in [0.15, 0.2) is 0 Å². The van der Waals surface area contributed by atoms with Crippen molar-refractivity contribution in [1.82, 2.24) is 20.0 Å². The predicted molar refractivity (Wildman–Crippen MR) is 115 cm³/mol. The number of nitrogens with zero attached hydrogens (tertiary/aromatic N) is 3. The summed E-state index contributed by atoms with van der Waals surface area (Å²) in [7, 11) is 0. The standard InChI is InChI=1S/C23H36N4O2/c1-3-25(4-2)18-21-10-6-5-9-20(21)17-24-22(28)19-11-15-27(16-12-19)23(29)26-13-7-8-14-26/h5-6,9-10,19H,3-4,7-8,11-18H2,1-2H3,(H,24,28). The van der Waals surface area contributed by atoms with Gasteiger partial charge in [-0.05, 0) is 49.9 Å². The van der Waals surface area contributed by atoms with Crippen molar-refractivity contribution >= 4 is 11.9 Å².